The van der Waals surface area contributed by atoms with Gasteiger partial charge in [0.2, 0.25) is 0 Å². The van der Waals surface area contributed by atoms with Crippen LogP contribution in [0.25, 0.3) is 0 Å². The summed E-state index contributed by atoms with van der Waals surface area (Å²) in [6, 6.07) is 11.3. The van der Waals surface area contributed by atoms with E-state index in [0.717, 1.165) is 11.1 Å². The molecule has 0 fully saturated rings. The van der Waals surface area contributed by atoms with Crippen molar-refractivity contribution in [2.24, 2.45) is 0 Å². The van der Waals surface area contributed by atoms with Gasteiger partial charge in [-0.3, -0.25) is 4.79 Å². The Labute approximate surface area is 150 Å². The van der Waals surface area contributed by atoms with Crippen LogP contribution in [0.3, 0.4) is 0 Å². The van der Waals surface area contributed by atoms with Crippen molar-refractivity contribution in [1.29, 1.82) is 0 Å². The summed E-state index contributed by atoms with van der Waals surface area (Å²) in [5.41, 5.74) is 2.43. The van der Waals surface area contributed by atoms with Gasteiger partial charge in [-0.15, -0.1) is 0 Å². The summed E-state index contributed by atoms with van der Waals surface area (Å²) >= 11 is 18.2. The van der Waals surface area contributed by atoms with E-state index < -0.39 is 0 Å². The van der Waals surface area contributed by atoms with Gasteiger partial charge in [-0.1, -0.05) is 53.0 Å². The molecule has 0 saturated heterocycles. The standard InChI is InChI=1S/C17H17Cl3N2O/c1-10-3-8-14(19)17(16(10)20)22-15(23)9-21-11(2)12-4-6-13(18)7-5-12/h3-8,11,21H,9H2,1-2H3,(H,22,23)/p+1/t11-/m0/s1. The first-order valence-corrected chi connectivity index (χ1v) is 8.35. The number of amides is 1. The lowest BCUT2D eigenvalue weighted by Gasteiger charge is -2.13. The second-order valence-corrected chi connectivity index (χ2v) is 6.60. The van der Waals surface area contributed by atoms with Crippen molar-refractivity contribution < 1.29 is 10.1 Å². The zero-order chi connectivity index (χ0) is 17.0. The van der Waals surface area contributed by atoms with Crippen molar-refractivity contribution in [3.05, 3.63) is 62.6 Å². The predicted molar refractivity (Wildman–Crippen MR) is 96.5 cm³/mol. The molecular weight excluding hydrogens is 355 g/mol. The van der Waals surface area contributed by atoms with Crippen LogP contribution in [-0.4, -0.2) is 12.5 Å². The number of nitrogens with one attached hydrogen (secondary N) is 1. The molecule has 0 saturated carbocycles. The number of benzene rings is 2. The maximum atomic E-state index is 12.1. The van der Waals surface area contributed by atoms with E-state index in [0.29, 0.717) is 20.8 Å². The Balaban J connectivity index is 1.95. The minimum Gasteiger partial charge on any atom is -0.333 e. The number of nitrogens with two attached hydrogens (primary N) is 1. The van der Waals surface area contributed by atoms with E-state index in [4.69, 9.17) is 34.8 Å². The minimum absolute atomic E-state index is 0.140. The molecular formula is C17H18Cl3N2O+. The smallest absolute Gasteiger partial charge is 0.279 e. The maximum Gasteiger partial charge on any atom is 0.279 e. The highest BCUT2D eigenvalue weighted by molar-refractivity contribution is 6.40. The molecule has 0 radical (unpaired) electrons. The Hall–Kier alpha value is -1.26. The molecule has 122 valence electrons. The molecule has 0 aliphatic rings. The first-order chi connectivity index (χ1) is 10.9. The molecule has 23 heavy (non-hydrogen) atoms. The molecule has 3 N–H and O–H groups in total. The molecule has 2 aromatic rings. The Bertz CT molecular complexity index is 702. The van der Waals surface area contributed by atoms with Gasteiger partial charge in [0.1, 0.15) is 6.04 Å². The average Bonchev–Trinajstić information content (AvgIpc) is 2.53. The molecule has 2 aromatic carbocycles. The first-order valence-electron chi connectivity index (χ1n) is 7.21. The number of carbonyl (C=O) groups is 1. The van der Waals surface area contributed by atoms with Crippen LogP contribution in [-0.2, 0) is 4.79 Å². The van der Waals surface area contributed by atoms with E-state index in [2.05, 4.69) is 5.32 Å². The zero-order valence-electron chi connectivity index (χ0n) is 12.9. The first kappa shape index (κ1) is 18.1. The van der Waals surface area contributed by atoms with Gasteiger partial charge >= 0.3 is 0 Å². The van der Waals surface area contributed by atoms with Crippen molar-refractivity contribution in [2.75, 3.05) is 11.9 Å². The summed E-state index contributed by atoms with van der Waals surface area (Å²) in [7, 11) is 0. The number of aryl methyl sites for hydroxylation is 1. The molecule has 0 aliphatic heterocycles. The number of rotatable bonds is 5. The van der Waals surface area contributed by atoms with Gasteiger partial charge in [0, 0.05) is 10.6 Å². The number of anilines is 1. The van der Waals surface area contributed by atoms with E-state index >= 15 is 0 Å². The monoisotopic (exact) mass is 371 g/mol. The molecule has 0 bridgehead atoms. The number of hydrogen-bond acceptors (Lipinski definition) is 1. The number of quaternary nitrogens is 1. The van der Waals surface area contributed by atoms with Crippen molar-refractivity contribution >= 4 is 46.4 Å². The van der Waals surface area contributed by atoms with Crippen LogP contribution in [0.4, 0.5) is 5.69 Å². The van der Waals surface area contributed by atoms with Crippen LogP contribution in [0, 0.1) is 6.92 Å². The lowest BCUT2D eigenvalue weighted by Crippen LogP contribution is -2.86. The third-order valence-corrected chi connectivity index (χ3v) is 4.66. The quantitative estimate of drug-likeness (QED) is 0.811. The highest BCUT2D eigenvalue weighted by atomic mass is 35.5. The van der Waals surface area contributed by atoms with Crippen molar-refractivity contribution in [1.82, 2.24) is 0 Å². The molecule has 0 aromatic heterocycles. The van der Waals surface area contributed by atoms with Gasteiger partial charge in [0.25, 0.3) is 5.91 Å². The van der Waals surface area contributed by atoms with Gasteiger partial charge < -0.3 is 10.6 Å². The molecule has 1 amide bonds. The van der Waals surface area contributed by atoms with Gasteiger partial charge in [0.15, 0.2) is 6.54 Å². The molecule has 6 heteroatoms. The Kier molecular flexibility index (Phi) is 6.31. The van der Waals surface area contributed by atoms with Crippen molar-refractivity contribution in [2.45, 2.75) is 19.9 Å². The lowest BCUT2D eigenvalue weighted by atomic mass is 10.1. The topological polar surface area (TPSA) is 45.7 Å². The van der Waals surface area contributed by atoms with Gasteiger partial charge in [-0.25, -0.2) is 0 Å². The number of halogens is 3. The van der Waals surface area contributed by atoms with E-state index in [-0.39, 0.29) is 18.5 Å². The van der Waals surface area contributed by atoms with Gasteiger partial charge in [-0.05, 0) is 37.6 Å². The predicted octanol–water partition coefficient (Wildman–Crippen LogP) is 4.22. The molecule has 0 heterocycles. The van der Waals surface area contributed by atoms with E-state index in [1.807, 2.05) is 49.5 Å². The number of hydrogen-bond donors (Lipinski definition) is 2. The van der Waals surface area contributed by atoms with Crippen LogP contribution in [0.5, 0.6) is 0 Å². The molecule has 1 atom stereocenters. The fraction of sp³-hybridized carbons (Fsp3) is 0.235. The van der Waals surface area contributed by atoms with Crippen LogP contribution in [0.15, 0.2) is 36.4 Å². The fourth-order valence-electron chi connectivity index (χ4n) is 2.15. The largest absolute Gasteiger partial charge is 0.333 e. The lowest BCUT2D eigenvalue weighted by molar-refractivity contribution is -0.682. The van der Waals surface area contributed by atoms with Gasteiger partial charge in [0.05, 0.1) is 15.7 Å². The zero-order valence-corrected chi connectivity index (χ0v) is 15.1. The second kappa shape index (κ2) is 8.02. The summed E-state index contributed by atoms with van der Waals surface area (Å²) in [5, 5.41) is 6.32. The fourth-order valence-corrected chi connectivity index (χ4v) is 2.74. The summed E-state index contributed by atoms with van der Waals surface area (Å²) < 4.78 is 0. The van der Waals surface area contributed by atoms with Crippen LogP contribution in [0.1, 0.15) is 24.1 Å². The normalized spacial score (nSPS) is 12.0. The number of carbonyl (C=O) groups excluding carboxylic acids is 1. The highest BCUT2D eigenvalue weighted by Gasteiger charge is 2.15. The van der Waals surface area contributed by atoms with E-state index in [1.54, 1.807) is 6.07 Å². The third-order valence-electron chi connectivity index (χ3n) is 3.60. The minimum atomic E-state index is -0.153. The van der Waals surface area contributed by atoms with Crippen LogP contribution < -0.4 is 10.6 Å². The highest BCUT2D eigenvalue weighted by Crippen LogP contribution is 2.32. The maximum absolute atomic E-state index is 12.1. The van der Waals surface area contributed by atoms with Crippen molar-refractivity contribution in [3.63, 3.8) is 0 Å². The molecule has 2 rings (SSSR count). The van der Waals surface area contributed by atoms with Crippen molar-refractivity contribution in [3.8, 4) is 0 Å². The molecule has 3 nitrogen and oxygen atoms in total. The average molecular weight is 373 g/mol. The Morgan fingerprint density at radius 3 is 2.43 bits per heavy atom. The van der Waals surface area contributed by atoms with Gasteiger partial charge in [-0.2, -0.15) is 0 Å². The van der Waals surface area contributed by atoms with Crippen LogP contribution in [0.2, 0.25) is 15.1 Å². The second-order valence-electron chi connectivity index (χ2n) is 5.38. The van der Waals surface area contributed by atoms with E-state index in [9.17, 15) is 4.79 Å². The SMILES string of the molecule is Cc1ccc(Cl)c(NC(=O)C[NH2+][C@@H](C)c2ccc(Cl)cc2)c1Cl. The Morgan fingerprint density at radius 2 is 1.78 bits per heavy atom. The summed E-state index contributed by atoms with van der Waals surface area (Å²) in [6.07, 6.45) is 0. The molecule has 0 spiro atoms. The summed E-state index contributed by atoms with van der Waals surface area (Å²) in [5.74, 6) is -0.153. The molecule has 0 aliphatic carbocycles. The summed E-state index contributed by atoms with van der Waals surface area (Å²) in [4.78, 5) is 12.1. The van der Waals surface area contributed by atoms with E-state index in [1.165, 1.54) is 0 Å². The summed E-state index contributed by atoms with van der Waals surface area (Å²) in [6.45, 7) is 4.16. The third kappa shape index (κ3) is 4.85. The molecule has 0 unspecified atom stereocenters. The Morgan fingerprint density at radius 1 is 1.13 bits per heavy atom. The van der Waals surface area contributed by atoms with Crippen LogP contribution >= 0.6 is 34.8 Å².